The van der Waals surface area contributed by atoms with Crippen molar-refractivity contribution in [3.63, 3.8) is 0 Å². The Balaban J connectivity index is 2.07. The Hall–Kier alpha value is -2.12. The number of likely N-dealkylation sites (tertiary alicyclic amines) is 1. The lowest BCUT2D eigenvalue weighted by Crippen LogP contribution is -2.49. The predicted molar refractivity (Wildman–Crippen MR) is 96.9 cm³/mol. The maximum atomic E-state index is 13.1. The topological polar surface area (TPSA) is 74.3 Å². The van der Waals surface area contributed by atoms with Crippen LogP contribution in [0.1, 0.15) is 46.2 Å². The van der Waals surface area contributed by atoms with Crippen molar-refractivity contribution in [3.8, 4) is 0 Å². The number of fused-ring (bicyclic) bond motifs is 1. The van der Waals surface area contributed by atoms with Gasteiger partial charge in [0.15, 0.2) is 11.8 Å². The number of benzene rings is 1. The average molecular weight is 377 g/mol. The van der Waals surface area contributed by atoms with E-state index in [0.29, 0.717) is 0 Å². The van der Waals surface area contributed by atoms with Crippen molar-refractivity contribution in [2.75, 3.05) is 7.11 Å². The van der Waals surface area contributed by atoms with Gasteiger partial charge in [-0.25, -0.2) is 9.59 Å². The van der Waals surface area contributed by atoms with Gasteiger partial charge in [0.05, 0.1) is 13.2 Å². The van der Waals surface area contributed by atoms with Crippen molar-refractivity contribution in [2.24, 2.45) is 0 Å². The highest BCUT2D eigenvalue weighted by Crippen LogP contribution is 2.47. The van der Waals surface area contributed by atoms with Gasteiger partial charge in [0.25, 0.3) is 0 Å². The number of esters is 1. The molecule has 4 atom stereocenters. The van der Waals surface area contributed by atoms with Crippen LogP contribution >= 0.6 is 0 Å². The summed E-state index contributed by atoms with van der Waals surface area (Å²) in [5, 5.41) is 0. The van der Waals surface area contributed by atoms with E-state index in [2.05, 4.69) is 0 Å². The summed E-state index contributed by atoms with van der Waals surface area (Å²) in [6.07, 6.45) is -1.77. The molecule has 1 aromatic rings. The molecule has 1 amide bonds. The number of nitrogens with zero attached hydrogens (tertiary/aromatic N) is 1. The minimum absolute atomic E-state index is 0.515. The molecule has 0 unspecified atom stereocenters. The van der Waals surface area contributed by atoms with Crippen LogP contribution in [0.4, 0.5) is 4.79 Å². The van der Waals surface area contributed by atoms with Gasteiger partial charge in [-0.05, 0) is 40.2 Å². The van der Waals surface area contributed by atoms with Gasteiger partial charge in [-0.1, -0.05) is 30.3 Å². The maximum Gasteiger partial charge on any atom is 0.411 e. The first-order valence-corrected chi connectivity index (χ1v) is 9.04. The molecule has 7 heteroatoms. The number of hydrogen-bond donors (Lipinski definition) is 0. The molecule has 1 aromatic carbocycles. The van der Waals surface area contributed by atoms with E-state index in [9.17, 15) is 9.59 Å². The molecule has 27 heavy (non-hydrogen) atoms. The van der Waals surface area contributed by atoms with Crippen LogP contribution in [-0.2, 0) is 23.7 Å². The molecule has 2 heterocycles. The van der Waals surface area contributed by atoms with Crippen molar-refractivity contribution >= 4 is 12.1 Å². The van der Waals surface area contributed by atoms with Crippen molar-refractivity contribution in [3.05, 3.63) is 35.9 Å². The Morgan fingerprint density at radius 1 is 1.07 bits per heavy atom. The number of rotatable bonds is 2. The zero-order valence-corrected chi connectivity index (χ0v) is 16.6. The number of methoxy groups -OCH3 is 1. The first-order chi connectivity index (χ1) is 12.5. The quantitative estimate of drug-likeness (QED) is 0.738. The van der Waals surface area contributed by atoms with E-state index < -0.39 is 47.7 Å². The summed E-state index contributed by atoms with van der Waals surface area (Å²) in [6, 6.07) is 7.95. The van der Waals surface area contributed by atoms with Gasteiger partial charge < -0.3 is 18.9 Å². The molecule has 0 saturated carbocycles. The Labute approximate surface area is 159 Å². The van der Waals surface area contributed by atoms with E-state index in [4.69, 9.17) is 18.9 Å². The van der Waals surface area contributed by atoms with Crippen LogP contribution in [-0.4, -0.2) is 53.7 Å². The lowest BCUT2D eigenvalue weighted by molar-refractivity contribution is -0.175. The Morgan fingerprint density at radius 2 is 1.67 bits per heavy atom. The van der Waals surface area contributed by atoms with Crippen LogP contribution in [0.15, 0.2) is 30.3 Å². The summed E-state index contributed by atoms with van der Waals surface area (Å²) < 4.78 is 22.7. The third-order valence-electron chi connectivity index (χ3n) is 4.57. The molecule has 3 rings (SSSR count). The minimum Gasteiger partial charge on any atom is -0.467 e. The lowest BCUT2D eigenvalue weighted by Gasteiger charge is -2.34. The number of amides is 1. The first-order valence-electron chi connectivity index (χ1n) is 9.04. The SMILES string of the molecule is COC(=O)[C@@H]1[C@@H]2OC(C)(C)O[C@@H]2[C@@H](c2ccccc2)N1C(=O)OC(C)(C)C. The lowest BCUT2D eigenvalue weighted by atomic mass is 10.0. The molecular formula is C20H27NO6. The molecule has 2 aliphatic heterocycles. The maximum absolute atomic E-state index is 13.1. The van der Waals surface area contributed by atoms with E-state index in [1.807, 2.05) is 30.3 Å². The van der Waals surface area contributed by atoms with Crippen LogP contribution in [0.25, 0.3) is 0 Å². The standard InChI is InChI=1S/C20H27NO6/c1-19(2,3)27-18(23)21-13(12-10-8-7-9-11-12)15-16(14(21)17(22)24-6)26-20(4,5)25-15/h7-11,13-16H,1-6H3/t13-,14+,15-,16+/m1/s1. The first kappa shape index (κ1) is 19.6. The fourth-order valence-corrected chi connectivity index (χ4v) is 3.71. The summed E-state index contributed by atoms with van der Waals surface area (Å²) in [7, 11) is 1.29. The van der Waals surface area contributed by atoms with Gasteiger partial charge in [0, 0.05) is 0 Å². The van der Waals surface area contributed by atoms with Crippen LogP contribution < -0.4 is 0 Å². The largest absolute Gasteiger partial charge is 0.467 e. The zero-order valence-electron chi connectivity index (χ0n) is 16.6. The second-order valence-corrected chi connectivity index (χ2v) is 8.28. The third-order valence-corrected chi connectivity index (χ3v) is 4.57. The summed E-state index contributed by atoms with van der Waals surface area (Å²) in [5.41, 5.74) is 0.128. The molecule has 0 N–H and O–H groups in total. The third kappa shape index (κ3) is 3.80. The van der Waals surface area contributed by atoms with Crippen molar-refractivity contribution in [1.29, 1.82) is 0 Å². The van der Waals surface area contributed by atoms with Gasteiger partial charge in [0.2, 0.25) is 0 Å². The van der Waals surface area contributed by atoms with Crippen LogP contribution in [0.3, 0.4) is 0 Å². The van der Waals surface area contributed by atoms with E-state index >= 15 is 0 Å². The van der Waals surface area contributed by atoms with E-state index in [-0.39, 0.29) is 0 Å². The van der Waals surface area contributed by atoms with Crippen LogP contribution in [0, 0.1) is 0 Å². The number of hydrogen-bond acceptors (Lipinski definition) is 6. The molecule has 0 aromatic heterocycles. The highest BCUT2D eigenvalue weighted by molar-refractivity contribution is 5.84. The van der Waals surface area contributed by atoms with E-state index in [0.717, 1.165) is 5.56 Å². The second-order valence-electron chi connectivity index (χ2n) is 8.28. The second kappa shape index (κ2) is 6.80. The normalized spacial score (nSPS) is 29.3. The molecule has 148 valence electrons. The van der Waals surface area contributed by atoms with Crippen molar-refractivity contribution < 1.29 is 28.5 Å². The highest BCUT2D eigenvalue weighted by atomic mass is 16.8. The minimum atomic E-state index is -0.957. The molecule has 2 saturated heterocycles. The smallest absolute Gasteiger partial charge is 0.411 e. The van der Waals surface area contributed by atoms with Crippen LogP contribution in [0.5, 0.6) is 0 Å². The average Bonchev–Trinajstić information content (AvgIpc) is 3.03. The number of carbonyl (C=O) groups is 2. The molecular weight excluding hydrogens is 350 g/mol. The van der Waals surface area contributed by atoms with Gasteiger partial charge in [-0.15, -0.1) is 0 Å². The van der Waals surface area contributed by atoms with Gasteiger partial charge in [0.1, 0.15) is 17.8 Å². The molecule has 0 radical (unpaired) electrons. The molecule has 2 aliphatic rings. The Bertz CT molecular complexity index is 711. The van der Waals surface area contributed by atoms with Gasteiger partial charge >= 0.3 is 12.1 Å². The summed E-state index contributed by atoms with van der Waals surface area (Å²) >= 11 is 0. The van der Waals surface area contributed by atoms with Crippen molar-refractivity contribution in [1.82, 2.24) is 4.90 Å². The Kier molecular flexibility index (Phi) is 4.94. The predicted octanol–water partition coefficient (Wildman–Crippen LogP) is 3.04. The van der Waals surface area contributed by atoms with E-state index in [1.54, 1.807) is 34.6 Å². The zero-order chi connectivity index (χ0) is 20.0. The Morgan fingerprint density at radius 3 is 2.22 bits per heavy atom. The van der Waals surface area contributed by atoms with Crippen molar-refractivity contribution in [2.45, 2.75) is 70.3 Å². The van der Waals surface area contributed by atoms with E-state index in [1.165, 1.54) is 12.0 Å². The molecule has 0 spiro atoms. The number of ether oxygens (including phenoxy) is 4. The fourth-order valence-electron chi connectivity index (χ4n) is 3.71. The molecule has 0 aliphatic carbocycles. The van der Waals surface area contributed by atoms with Gasteiger partial charge in [-0.2, -0.15) is 0 Å². The summed E-state index contributed by atoms with van der Waals surface area (Å²) in [6.45, 7) is 8.92. The number of carbonyl (C=O) groups excluding carboxylic acids is 2. The molecule has 7 nitrogen and oxygen atoms in total. The summed E-state index contributed by atoms with van der Waals surface area (Å²) in [4.78, 5) is 27.1. The molecule has 2 fully saturated rings. The molecule has 0 bridgehead atoms. The van der Waals surface area contributed by atoms with Crippen LogP contribution in [0.2, 0.25) is 0 Å². The highest BCUT2D eigenvalue weighted by Gasteiger charge is 2.63. The fraction of sp³-hybridized carbons (Fsp3) is 0.600. The van der Waals surface area contributed by atoms with Gasteiger partial charge in [-0.3, -0.25) is 4.90 Å². The monoisotopic (exact) mass is 377 g/mol. The summed E-state index contributed by atoms with van der Waals surface area (Å²) in [5.74, 6) is -1.43.